The third-order valence-electron chi connectivity index (χ3n) is 3.40. The van der Waals surface area contributed by atoms with Crippen molar-refractivity contribution in [3.63, 3.8) is 0 Å². The summed E-state index contributed by atoms with van der Waals surface area (Å²) in [4.78, 5) is 16.5. The zero-order valence-electron chi connectivity index (χ0n) is 11.3. The third-order valence-corrected chi connectivity index (χ3v) is 3.40. The molecule has 1 atom stereocenters. The summed E-state index contributed by atoms with van der Waals surface area (Å²) in [6.07, 6.45) is 1.92. The number of aryl methyl sites for hydroxylation is 1. The Morgan fingerprint density at radius 3 is 2.95 bits per heavy atom. The van der Waals surface area contributed by atoms with Crippen molar-refractivity contribution < 1.29 is 4.79 Å². The van der Waals surface area contributed by atoms with Crippen LogP contribution < -0.4 is 10.6 Å². The second kappa shape index (κ2) is 5.42. The van der Waals surface area contributed by atoms with Gasteiger partial charge in [0.25, 0.3) is 0 Å². The molecule has 1 fully saturated rings. The first-order valence-electron chi connectivity index (χ1n) is 6.77. The maximum Gasteiger partial charge on any atom is 0.241 e. The van der Waals surface area contributed by atoms with Gasteiger partial charge in [-0.3, -0.25) is 9.89 Å². The number of para-hydroxylation sites is 1. The number of hydrogen-bond acceptors (Lipinski definition) is 4. The second-order valence-electron chi connectivity index (χ2n) is 4.93. The van der Waals surface area contributed by atoms with Gasteiger partial charge in [0, 0.05) is 5.56 Å². The van der Waals surface area contributed by atoms with E-state index in [1.54, 1.807) is 0 Å². The summed E-state index contributed by atoms with van der Waals surface area (Å²) in [5.74, 6) is 1.35. The van der Waals surface area contributed by atoms with E-state index in [1.807, 2.05) is 31.2 Å². The molecule has 3 N–H and O–H groups in total. The Morgan fingerprint density at radius 1 is 1.40 bits per heavy atom. The molecular weight excluding hydrogens is 254 g/mol. The fourth-order valence-corrected chi connectivity index (χ4v) is 2.38. The van der Waals surface area contributed by atoms with E-state index < -0.39 is 0 Å². The van der Waals surface area contributed by atoms with Crippen molar-refractivity contribution in [1.82, 2.24) is 20.5 Å². The van der Waals surface area contributed by atoms with Gasteiger partial charge in [0.15, 0.2) is 5.82 Å². The summed E-state index contributed by atoms with van der Waals surface area (Å²) in [5.41, 5.74) is 1.56. The smallest absolute Gasteiger partial charge is 0.241 e. The Hall–Kier alpha value is -2.21. The molecule has 0 aliphatic carbocycles. The zero-order valence-corrected chi connectivity index (χ0v) is 11.3. The lowest BCUT2D eigenvalue weighted by Crippen LogP contribution is -2.35. The number of amides is 1. The monoisotopic (exact) mass is 271 g/mol. The Morgan fingerprint density at radius 2 is 2.25 bits per heavy atom. The molecule has 1 aliphatic heterocycles. The maximum absolute atomic E-state index is 12.2. The lowest BCUT2D eigenvalue weighted by molar-refractivity contribution is -0.117. The largest absolute Gasteiger partial charge is 0.324 e. The van der Waals surface area contributed by atoms with Crippen molar-refractivity contribution in [2.75, 3.05) is 11.9 Å². The van der Waals surface area contributed by atoms with Crippen molar-refractivity contribution in [1.29, 1.82) is 0 Å². The van der Waals surface area contributed by atoms with Crippen LogP contribution in [0.25, 0.3) is 11.4 Å². The number of rotatable bonds is 3. The first-order valence-corrected chi connectivity index (χ1v) is 6.77. The molecule has 1 saturated heterocycles. The summed E-state index contributed by atoms with van der Waals surface area (Å²) >= 11 is 0. The average Bonchev–Trinajstić information content (AvgIpc) is 3.10. The molecule has 1 aromatic carbocycles. The Kier molecular flexibility index (Phi) is 3.47. The lowest BCUT2D eigenvalue weighted by Gasteiger charge is -2.13. The number of aromatic amines is 1. The predicted molar refractivity (Wildman–Crippen MR) is 76.2 cm³/mol. The van der Waals surface area contributed by atoms with Crippen LogP contribution in [0.4, 0.5) is 5.69 Å². The molecule has 1 aliphatic rings. The number of anilines is 1. The number of benzene rings is 1. The van der Waals surface area contributed by atoms with E-state index in [0.717, 1.165) is 36.5 Å². The number of nitrogens with one attached hydrogen (secondary N) is 3. The van der Waals surface area contributed by atoms with Gasteiger partial charge in [0.1, 0.15) is 5.82 Å². The van der Waals surface area contributed by atoms with E-state index in [4.69, 9.17) is 0 Å². The van der Waals surface area contributed by atoms with Crippen LogP contribution in [0.15, 0.2) is 24.3 Å². The second-order valence-corrected chi connectivity index (χ2v) is 4.93. The number of H-pyrrole nitrogens is 1. The van der Waals surface area contributed by atoms with Gasteiger partial charge < -0.3 is 10.6 Å². The molecule has 6 heteroatoms. The molecule has 0 saturated carbocycles. The average molecular weight is 271 g/mol. The van der Waals surface area contributed by atoms with Gasteiger partial charge in [-0.25, -0.2) is 4.98 Å². The summed E-state index contributed by atoms with van der Waals surface area (Å²) < 4.78 is 0. The number of carbonyl (C=O) groups is 1. The molecule has 0 spiro atoms. The van der Waals surface area contributed by atoms with E-state index in [0.29, 0.717) is 5.82 Å². The third kappa shape index (κ3) is 2.55. The molecule has 1 unspecified atom stereocenters. The Labute approximate surface area is 117 Å². The van der Waals surface area contributed by atoms with Crippen molar-refractivity contribution in [2.24, 2.45) is 0 Å². The Bertz CT molecular complexity index is 616. The Balaban J connectivity index is 1.84. The standard InChI is InChI=1S/C14H17N5O/c1-9-16-13(19-18-9)10-5-2-3-6-11(10)17-14(20)12-7-4-8-15-12/h2-3,5-6,12,15H,4,7-8H2,1H3,(H,17,20)(H,16,18,19). The molecule has 1 aromatic heterocycles. The first-order chi connectivity index (χ1) is 9.74. The quantitative estimate of drug-likeness (QED) is 0.789. The minimum Gasteiger partial charge on any atom is -0.324 e. The number of hydrogen-bond donors (Lipinski definition) is 3. The SMILES string of the molecule is Cc1nc(-c2ccccc2NC(=O)C2CCCN2)n[nH]1. The highest BCUT2D eigenvalue weighted by Crippen LogP contribution is 2.25. The molecule has 3 rings (SSSR count). The minimum atomic E-state index is -0.100. The van der Waals surface area contributed by atoms with Gasteiger partial charge in [-0.1, -0.05) is 12.1 Å². The number of nitrogens with zero attached hydrogens (tertiary/aromatic N) is 2. The fourth-order valence-electron chi connectivity index (χ4n) is 2.38. The molecule has 104 valence electrons. The van der Waals surface area contributed by atoms with Gasteiger partial charge in [-0.15, -0.1) is 0 Å². The van der Waals surface area contributed by atoms with E-state index >= 15 is 0 Å². The molecule has 0 radical (unpaired) electrons. The topological polar surface area (TPSA) is 82.7 Å². The van der Waals surface area contributed by atoms with Crippen molar-refractivity contribution >= 4 is 11.6 Å². The molecule has 0 bridgehead atoms. The van der Waals surface area contributed by atoms with Gasteiger partial charge in [0.05, 0.1) is 11.7 Å². The highest BCUT2D eigenvalue weighted by atomic mass is 16.2. The molecule has 20 heavy (non-hydrogen) atoms. The first kappa shape index (κ1) is 12.8. The lowest BCUT2D eigenvalue weighted by atomic mass is 10.1. The normalized spacial score (nSPS) is 18.1. The van der Waals surface area contributed by atoms with Crippen LogP contribution in [-0.2, 0) is 4.79 Å². The van der Waals surface area contributed by atoms with Crippen LogP contribution in [0.3, 0.4) is 0 Å². The van der Waals surface area contributed by atoms with Gasteiger partial charge >= 0.3 is 0 Å². The van der Waals surface area contributed by atoms with Gasteiger partial charge in [-0.05, 0) is 38.4 Å². The van der Waals surface area contributed by atoms with E-state index in [9.17, 15) is 4.79 Å². The maximum atomic E-state index is 12.2. The molecule has 6 nitrogen and oxygen atoms in total. The summed E-state index contributed by atoms with van der Waals surface area (Å²) in [7, 11) is 0. The minimum absolute atomic E-state index is 0.00204. The van der Waals surface area contributed by atoms with Gasteiger partial charge in [-0.2, -0.15) is 5.10 Å². The van der Waals surface area contributed by atoms with E-state index in [1.165, 1.54) is 0 Å². The van der Waals surface area contributed by atoms with Gasteiger partial charge in [0.2, 0.25) is 5.91 Å². The van der Waals surface area contributed by atoms with Crippen LogP contribution in [-0.4, -0.2) is 33.7 Å². The summed E-state index contributed by atoms with van der Waals surface area (Å²) in [6, 6.07) is 7.47. The van der Waals surface area contributed by atoms with Crippen molar-refractivity contribution in [2.45, 2.75) is 25.8 Å². The molecule has 1 amide bonds. The highest BCUT2D eigenvalue weighted by Gasteiger charge is 2.23. The number of carbonyl (C=O) groups excluding carboxylic acids is 1. The molecular formula is C14H17N5O. The fraction of sp³-hybridized carbons (Fsp3) is 0.357. The van der Waals surface area contributed by atoms with Crippen LogP contribution in [0.1, 0.15) is 18.7 Å². The van der Waals surface area contributed by atoms with E-state index in [-0.39, 0.29) is 11.9 Å². The molecule has 2 aromatic rings. The summed E-state index contributed by atoms with van der Waals surface area (Å²) in [6.45, 7) is 2.75. The van der Waals surface area contributed by atoms with Crippen molar-refractivity contribution in [3.05, 3.63) is 30.1 Å². The van der Waals surface area contributed by atoms with Crippen LogP contribution in [0, 0.1) is 6.92 Å². The highest BCUT2D eigenvalue weighted by molar-refractivity contribution is 5.98. The summed E-state index contributed by atoms with van der Waals surface area (Å²) in [5, 5.41) is 13.1. The zero-order chi connectivity index (χ0) is 13.9. The van der Waals surface area contributed by atoms with Crippen LogP contribution in [0.5, 0.6) is 0 Å². The van der Waals surface area contributed by atoms with Crippen molar-refractivity contribution in [3.8, 4) is 11.4 Å². The number of aromatic nitrogens is 3. The van der Waals surface area contributed by atoms with E-state index in [2.05, 4.69) is 25.8 Å². The van der Waals surface area contributed by atoms with Crippen LogP contribution >= 0.6 is 0 Å². The molecule has 2 heterocycles. The van der Waals surface area contributed by atoms with Crippen LogP contribution in [0.2, 0.25) is 0 Å². The predicted octanol–water partition coefficient (Wildman–Crippen LogP) is 1.47.